The van der Waals surface area contributed by atoms with Crippen LogP contribution in [0, 0.1) is 12.8 Å². The van der Waals surface area contributed by atoms with E-state index in [-0.39, 0.29) is 0 Å². The first-order chi connectivity index (χ1) is 10.1. The van der Waals surface area contributed by atoms with E-state index in [1.165, 1.54) is 0 Å². The Morgan fingerprint density at radius 1 is 1.52 bits per heavy atom. The van der Waals surface area contributed by atoms with Gasteiger partial charge in [-0.15, -0.1) is 0 Å². The molecule has 2 atom stereocenters. The van der Waals surface area contributed by atoms with E-state index in [1.807, 2.05) is 6.92 Å². The van der Waals surface area contributed by atoms with E-state index >= 15 is 0 Å². The largest absolute Gasteiger partial charge is 0.478 e. The van der Waals surface area contributed by atoms with E-state index in [2.05, 4.69) is 16.5 Å². The summed E-state index contributed by atoms with van der Waals surface area (Å²) >= 11 is 0. The van der Waals surface area contributed by atoms with Gasteiger partial charge < -0.3 is 14.4 Å². The quantitative estimate of drug-likeness (QED) is 0.939. The third kappa shape index (κ3) is 2.53. The maximum Gasteiger partial charge on any atom is 0.335 e. The van der Waals surface area contributed by atoms with Crippen molar-refractivity contribution in [1.82, 2.24) is 9.55 Å². The predicted octanol–water partition coefficient (Wildman–Crippen LogP) is 2.86. The van der Waals surface area contributed by atoms with Crippen LogP contribution in [-0.4, -0.2) is 33.3 Å². The molecule has 1 aromatic carbocycles. The predicted molar refractivity (Wildman–Crippen MR) is 79.6 cm³/mol. The number of imidazole rings is 1. The number of aryl methyl sites for hydroxylation is 1. The van der Waals surface area contributed by atoms with E-state index in [9.17, 15) is 4.79 Å². The Morgan fingerprint density at radius 3 is 3.05 bits per heavy atom. The van der Waals surface area contributed by atoms with Gasteiger partial charge in [0.15, 0.2) is 0 Å². The molecule has 2 unspecified atom stereocenters. The van der Waals surface area contributed by atoms with Gasteiger partial charge >= 0.3 is 5.97 Å². The van der Waals surface area contributed by atoms with E-state index in [1.54, 1.807) is 18.2 Å². The molecular formula is C16H20N2O3. The Morgan fingerprint density at radius 2 is 2.33 bits per heavy atom. The molecule has 0 amide bonds. The fraction of sp³-hybridized carbons (Fsp3) is 0.500. The highest BCUT2D eigenvalue weighted by Gasteiger charge is 2.28. The van der Waals surface area contributed by atoms with Crippen molar-refractivity contribution in [2.24, 2.45) is 5.92 Å². The van der Waals surface area contributed by atoms with Gasteiger partial charge in [0.1, 0.15) is 5.82 Å². The van der Waals surface area contributed by atoms with Gasteiger partial charge in [0.2, 0.25) is 0 Å². The molecule has 1 saturated heterocycles. The first-order valence-corrected chi connectivity index (χ1v) is 7.42. The van der Waals surface area contributed by atoms with Crippen LogP contribution in [0.1, 0.15) is 35.9 Å². The van der Waals surface area contributed by atoms with Crippen LogP contribution in [0.25, 0.3) is 11.0 Å². The lowest BCUT2D eigenvalue weighted by Crippen LogP contribution is -2.20. The minimum atomic E-state index is -0.905. The van der Waals surface area contributed by atoms with Gasteiger partial charge in [0.05, 0.1) is 22.7 Å². The van der Waals surface area contributed by atoms with Crippen LogP contribution in [0.5, 0.6) is 0 Å². The molecule has 0 saturated carbocycles. The number of carboxylic acids is 1. The summed E-state index contributed by atoms with van der Waals surface area (Å²) in [6.07, 6.45) is 2.36. The van der Waals surface area contributed by atoms with E-state index < -0.39 is 5.97 Å². The maximum absolute atomic E-state index is 11.2. The molecule has 1 N–H and O–H groups in total. The Kier molecular flexibility index (Phi) is 3.68. The summed E-state index contributed by atoms with van der Waals surface area (Å²) in [5.41, 5.74) is 2.05. The number of hydrogen-bond donors (Lipinski definition) is 1. The Hall–Kier alpha value is -1.88. The second kappa shape index (κ2) is 5.48. The highest BCUT2D eigenvalue weighted by molar-refractivity contribution is 5.92. The molecular weight excluding hydrogens is 268 g/mol. The van der Waals surface area contributed by atoms with E-state index in [0.29, 0.717) is 17.6 Å². The normalized spacial score (nSPS) is 22.0. The standard InChI is InChI=1S/C16H20N2O3/c1-3-15-12(6-7-21-15)9-18-10(2)17-13-5-4-11(16(19)20)8-14(13)18/h4-5,8,12,15H,3,6-7,9H2,1-2H3,(H,19,20). The molecule has 0 radical (unpaired) electrons. The second-order valence-electron chi connectivity index (χ2n) is 5.64. The number of fused-ring (bicyclic) bond motifs is 1. The topological polar surface area (TPSA) is 64.4 Å². The van der Waals surface area contributed by atoms with Crippen LogP contribution in [0.4, 0.5) is 0 Å². The number of nitrogens with zero attached hydrogens (tertiary/aromatic N) is 2. The fourth-order valence-corrected chi connectivity index (χ4v) is 3.19. The zero-order chi connectivity index (χ0) is 15.0. The average Bonchev–Trinajstić information content (AvgIpc) is 3.03. The molecule has 1 fully saturated rings. The fourth-order valence-electron chi connectivity index (χ4n) is 3.19. The zero-order valence-electron chi connectivity index (χ0n) is 12.4. The summed E-state index contributed by atoms with van der Waals surface area (Å²) in [4.78, 5) is 15.7. The SMILES string of the molecule is CCC1OCCC1Cn1c(C)nc2ccc(C(=O)O)cc21. The van der Waals surface area contributed by atoms with Gasteiger partial charge in [0, 0.05) is 19.1 Å². The average molecular weight is 288 g/mol. The van der Waals surface area contributed by atoms with Crippen LogP contribution in [0.15, 0.2) is 18.2 Å². The first-order valence-electron chi connectivity index (χ1n) is 7.42. The summed E-state index contributed by atoms with van der Waals surface area (Å²) in [7, 11) is 0. The van der Waals surface area contributed by atoms with Crippen molar-refractivity contribution < 1.29 is 14.6 Å². The second-order valence-corrected chi connectivity index (χ2v) is 5.64. The van der Waals surface area contributed by atoms with Crippen molar-refractivity contribution in [3.63, 3.8) is 0 Å². The van der Waals surface area contributed by atoms with Gasteiger partial charge in [0.25, 0.3) is 0 Å². The lowest BCUT2D eigenvalue weighted by molar-refractivity contribution is 0.0697. The molecule has 0 aliphatic carbocycles. The van der Waals surface area contributed by atoms with Crippen molar-refractivity contribution in [2.45, 2.75) is 39.3 Å². The molecule has 112 valence electrons. The van der Waals surface area contributed by atoms with Crippen LogP contribution >= 0.6 is 0 Å². The van der Waals surface area contributed by atoms with Crippen molar-refractivity contribution >= 4 is 17.0 Å². The van der Waals surface area contributed by atoms with Gasteiger partial charge in [-0.1, -0.05) is 6.92 Å². The van der Waals surface area contributed by atoms with E-state index in [4.69, 9.17) is 9.84 Å². The number of aromatic carboxylic acids is 1. The smallest absolute Gasteiger partial charge is 0.335 e. The molecule has 1 aliphatic heterocycles. The number of carbonyl (C=O) groups is 1. The monoisotopic (exact) mass is 288 g/mol. The molecule has 2 heterocycles. The van der Waals surface area contributed by atoms with Crippen LogP contribution < -0.4 is 0 Å². The Bertz CT molecular complexity index is 677. The Balaban J connectivity index is 1.98. The molecule has 5 heteroatoms. The third-order valence-corrected chi connectivity index (χ3v) is 4.35. The van der Waals surface area contributed by atoms with Crippen molar-refractivity contribution in [1.29, 1.82) is 0 Å². The summed E-state index contributed by atoms with van der Waals surface area (Å²) in [5, 5.41) is 9.16. The molecule has 21 heavy (non-hydrogen) atoms. The summed E-state index contributed by atoms with van der Waals surface area (Å²) in [5.74, 6) is 0.492. The van der Waals surface area contributed by atoms with Crippen molar-refractivity contribution in [2.75, 3.05) is 6.61 Å². The highest BCUT2D eigenvalue weighted by Crippen LogP contribution is 2.27. The van der Waals surface area contributed by atoms with Crippen LogP contribution in [-0.2, 0) is 11.3 Å². The summed E-state index contributed by atoms with van der Waals surface area (Å²) in [6.45, 7) is 5.76. The molecule has 5 nitrogen and oxygen atoms in total. The molecule has 0 bridgehead atoms. The van der Waals surface area contributed by atoms with Crippen LogP contribution in [0.2, 0.25) is 0 Å². The van der Waals surface area contributed by atoms with Gasteiger partial charge in [-0.05, 0) is 38.0 Å². The zero-order valence-corrected chi connectivity index (χ0v) is 12.4. The molecule has 1 aliphatic rings. The summed E-state index contributed by atoms with van der Waals surface area (Å²) < 4.78 is 7.88. The number of rotatable bonds is 4. The number of carboxylic acid groups (broad SMARTS) is 1. The molecule has 1 aromatic heterocycles. The van der Waals surface area contributed by atoms with Crippen LogP contribution in [0.3, 0.4) is 0 Å². The molecule has 0 spiro atoms. The number of hydrogen-bond acceptors (Lipinski definition) is 3. The minimum absolute atomic E-state index is 0.296. The number of ether oxygens (including phenoxy) is 1. The maximum atomic E-state index is 11.2. The van der Waals surface area contributed by atoms with Gasteiger partial charge in [-0.3, -0.25) is 0 Å². The highest BCUT2D eigenvalue weighted by atomic mass is 16.5. The number of benzene rings is 1. The lowest BCUT2D eigenvalue weighted by atomic mass is 9.99. The lowest BCUT2D eigenvalue weighted by Gasteiger charge is -2.18. The molecule has 3 rings (SSSR count). The minimum Gasteiger partial charge on any atom is -0.478 e. The van der Waals surface area contributed by atoms with Crippen molar-refractivity contribution in [3.05, 3.63) is 29.6 Å². The van der Waals surface area contributed by atoms with Gasteiger partial charge in [-0.25, -0.2) is 9.78 Å². The molecule has 2 aromatic rings. The first kappa shape index (κ1) is 14.1. The van der Waals surface area contributed by atoms with Crippen molar-refractivity contribution in [3.8, 4) is 0 Å². The van der Waals surface area contributed by atoms with E-state index in [0.717, 1.165) is 42.9 Å². The number of aromatic nitrogens is 2. The summed E-state index contributed by atoms with van der Waals surface area (Å²) in [6, 6.07) is 5.11. The Labute approximate surface area is 123 Å². The van der Waals surface area contributed by atoms with Gasteiger partial charge in [-0.2, -0.15) is 0 Å². The third-order valence-electron chi connectivity index (χ3n) is 4.35.